The largest absolute Gasteiger partial charge is 0.394 e. The second-order valence-electron chi connectivity index (χ2n) is 17.9. The van der Waals surface area contributed by atoms with Gasteiger partial charge in [-0.05, 0) is 12.8 Å². The summed E-state index contributed by atoms with van der Waals surface area (Å²) in [6.07, 6.45) is 30.2. The molecule has 11 heteroatoms. The average Bonchev–Trinajstić information content (AvgIpc) is 3.23. The fourth-order valence-corrected chi connectivity index (χ4v) is 8.27. The number of aliphatic hydroxyl groups excluding tert-OH is 7. The summed E-state index contributed by atoms with van der Waals surface area (Å²) < 4.78 is 11.0. The summed E-state index contributed by atoms with van der Waals surface area (Å²) in [6.45, 7) is 3.25. The predicted octanol–water partition coefficient (Wildman–Crippen LogP) is 8.67. The molecule has 0 bridgehead atoms. The Kier molecular flexibility index (Phi) is 36.9. The van der Waals surface area contributed by atoms with Gasteiger partial charge in [-0.2, -0.15) is 0 Å². The van der Waals surface area contributed by atoms with E-state index >= 15 is 0 Å². The van der Waals surface area contributed by atoms with Crippen LogP contribution in [0.2, 0.25) is 0 Å². The molecule has 0 aromatic carbocycles. The Labute approximate surface area is 360 Å². The number of nitrogens with one attached hydrogen (secondary N) is 1. The van der Waals surface area contributed by atoms with Gasteiger partial charge in [0.05, 0.1) is 25.4 Å². The van der Waals surface area contributed by atoms with Gasteiger partial charge in [0.25, 0.3) is 0 Å². The van der Waals surface area contributed by atoms with Crippen LogP contribution in [0.3, 0.4) is 0 Å². The Balaban J connectivity index is 2.08. The molecule has 1 amide bonds. The zero-order valence-electron chi connectivity index (χ0n) is 38.0. The van der Waals surface area contributed by atoms with Gasteiger partial charge in [0.1, 0.15) is 36.6 Å². The monoisotopic (exact) mass is 846 g/mol. The maximum absolute atomic E-state index is 12.9. The number of aliphatic hydroxyl groups is 7. The number of carbonyl (C=O) groups excluding carboxylic acids is 1. The number of hydrogen-bond donors (Lipinski definition) is 8. The summed E-state index contributed by atoms with van der Waals surface area (Å²) in [5.74, 6) is -0.701. The van der Waals surface area contributed by atoms with Crippen LogP contribution in [0.5, 0.6) is 0 Å². The lowest BCUT2D eigenvalue weighted by Crippen LogP contribution is -2.60. The molecule has 9 unspecified atom stereocenters. The highest BCUT2D eigenvalue weighted by Gasteiger charge is 2.44. The molecule has 1 rings (SSSR count). The molecule has 0 saturated carbocycles. The third-order valence-electron chi connectivity index (χ3n) is 12.4. The third-order valence-corrected chi connectivity index (χ3v) is 12.4. The number of amides is 1. The first kappa shape index (κ1) is 56.1. The maximum atomic E-state index is 12.9. The zero-order chi connectivity index (χ0) is 43.4. The van der Waals surface area contributed by atoms with E-state index in [-0.39, 0.29) is 6.42 Å². The standard InChI is InChI=1S/C48H95NO10/c1-3-5-7-8-9-10-11-12-13-14-15-16-17-18-19-20-21-22-23-24-25-26-27-28-29-30-31-32-34-36-41(52)47(57)49-39(43(53)40(51)35-33-6-4-2)38-58-48-46(56)45(55)44(54)42(37-50)59-48/h39-46,48,50-56H,3-38H2,1-2H3,(H,49,57). The minimum atomic E-state index is -1.65. The molecular weight excluding hydrogens is 751 g/mol. The van der Waals surface area contributed by atoms with Crippen LogP contribution in [-0.4, -0.2) is 110 Å². The van der Waals surface area contributed by atoms with E-state index in [1.165, 1.54) is 161 Å². The van der Waals surface area contributed by atoms with E-state index in [1.54, 1.807) is 0 Å². The van der Waals surface area contributed by atoms with Crippen molar-refractivity contribution < 1.29 is 50.0 Å². The van der Waals surface area contributed by atoms with Gasteiger partial charge >= 0.3 is 0 Å². The molecule has 352 valence electrons. The van der Waals surface area contributed by atoms with Gasteiger partial charge in [0, 0.05) is 0 Å². The summed E-state index contributed by atoms with van der Waals surface area (Å²) in [7, 11) is 0. The lowest BCUT2D eigenvalue weighted by Gasteiger charge is -2.40. The Morgan fingerprint density at radius 1 is 0.525 bits per heavy atom. The van der Waals surface area contributed by atoms with Crippen molar-refractivity contribution in [1.82, 2.24) is 5.32 Å². The molecule has 59 heavy (non-hydrogen) atoms. The van der Waals surface area contributed by atoms with Gasteiger partial charge < -0.3 is 50.5 Å². The third kappa shape index (κ3) is 28.4. The van der Waals surface area contributed by atoms with E-state index in [1.807, 2.05) is 6.92 Å². The smallest absolute Gasteiger partial charge is 0.249 e. The Morgan fingerprint density at radius 2 is 0.881 bits per heavy atom. The molecule has 1 heterocycles. The lowest BCUT2D eigenvalue weighted by molar-refractivity contribution is -0.303. The van der Waals surface area contributed by atoms with Gasteiger partial charge in [-0.1, -0.05) is 219 Å². The first-order valence-electron chi connectivity index (χ1n) is 24.9. The van der Waals surface area contributed by atoms with Crippen LogP contribution in [-0.2, 0) is 14.3 Å². The first-order chi connectivity index (χ1) is 28.7. The topological polar surface area (TPSA) is 189 Å². The van der Waals surface area contributed by atoms with Gasteiger partial charge in [-0.25, -0.2) is 0 Å². The molecule has 0 aromatic heterocycles. The Bertz CT molecular complexity index is 928. The average molecular weight is 846 g/mol. The van der Waals surface area contributed by atoms with E-state index < -0.39 is 74.2 Å². The Morgan fingerprint density at radius 3 is 1.27 bits per heavy atom. The van der Waals surface area contributed by atoms with Gasteiger partial charge in [0.15, 0.2) is 6.29 Å². The number of ether oxygens (including phenoxy) is 2. The minimum Gasteiger partial charge on any atom is -0.394 e. The molecule has 0 radical (unpaired) electrons. The second-order valence-corrected chi connectivity index (χ2v) is 17.9. The molecule has 1 fully saturated rings. The molecule has 9 atom stereocenters. The second kappa shape index (κ2) is 38.8. The van der Waals surface area contributed by atoms with Crippen LogP contribution in [0.25, 0.3) is 0 Å². The van der Waals surface area contributed by atoms with Gasteiger partial charge in [0.2, 0.25) is 5.91 Å². The van der Waals surface area contributed by atoms with Crippen LogP contribution < -0.4 is 5.32 Å². The van der Waals surface area contributed by atoms with Crippen LogP contribution in [0, 0.1) is 0 Å². The molecule has 0 aliphatic carbocycles. The Hall–Kier alpha value is -0.890. The molecule has 0 aromatic rings. The molecule has 1 saturated heterocycles. The van der Waals surface area contributed by atoms with Crippen LogP contribution in [0.1, 0.15) is 232 Å². The highest BCUT2D eigenvalue weighted by atomic mass is 16.7. The minimum absolute atomic E-state index is 0.265. The summed E-state index contributed by atoms with van der Waals surface area (Å²) >= 11 is 0. The zero-order valence-corrected chi connectivity index (χ0v) is 38.0. The van der Waals surface area contributed by atoms with E-state index in [4.69, 9.17) is 9.47 Å². The molecular formula is C48H95NO10. The molecule has 1 aliphatic heterocycles. The molecule has 8 N–H and O–H groups in total. The van der Waals surface area contributed by atoms with Crippen LogP contribution in [0.15, 0.2) is 0 Å². The summed E-state index contributed by atoms with van der Waals surface area (Å²) in [4.78, 5) is 12.9. The predicted molar refractivity (Wildman–Crippen MR) is 238 cm³/mol. The highest BCUT2D eigenvalue weighted by molar-refractivity contribution is 5.80. The van der Waals surface area contributed by atoms with Gasteiger partial charge in [-0.15, -0.1) is 0 Å². The van der Waals surface area contributed by atoms with Crippen molar-refractivity contribution in [1.29, 1.82) is 0 Å². The van der Waals surface area contributed by atoms with E-state index in [0.717, 1.165) is 32.1 Å². The SMILES string of the molecule is CCCCCCCCCCCCCCCCCCCCCCCCCCCCCCCC(O)C(=O)NC(COC1OC(CO)C(O)C(O)C1O)C(O)C(O)CCCCC. The molecule has 1 aliphatic rings. The fraction of sp³-hybridized carbons (Fsp3) is 0.979. The van der Waals surface area contributed by atoms with Crippen LogP contribution >= 0.6 is 0 Å². The first-order valence-corrected chi connectivity index (χ1v) is 24.9. The quantitative estimate of drug-likeness (QED) is 0.0276. The highest BCUT2D eigenvalue weighted by Crippen LogP contribution is 2.23. The van der Waals surface area contributed by atoms with Crippen LogP contribution in [0.4, 0.5) is 0 Å². The van der Waals surface area contributed by atoms with Crippen molar-refractivity contribution in [2.45, 2.75) is 287 Å². The molecule has 11 nitrogen and oxygen atoms in total. The fourth-order valence-electron chi connectivity index (χ4n) is 8.27. The van der Waals surface area contributed by atoms with Crippen molar-refractivity contribution in [3.63, 3.8) is 0 Å². The van der Waals surface area contributed by atoms with Crippen molar-refractivity contribution in [2.75, 3.05) is 13.2 Å². The van der Waals surface area contributed by atoms with Crippen molar-refractivity contribution in [3.8, 4) is 0 Å². The number of rotatable bonds is 42. The summed E-state index contributed by atoms with van der Waals surface area (Å²) in [6, 6.07) is -1.16. The normalized spacial score (nSPS) is 21.7. The number of carbonyl (C=O) groups is 1. The van der Waals surface area contributed by atoms with E-state index in [0.29, 0.717) is 19.3 Å². The van der Waals surface area contributed by atoms with Crippen molar-refractivity contribution in [3.05, 3.63) is 0 Å². The summed E-state index contributed by atoms with van der Waals surface area (Å²) in [5, 5.41) is 74.7. The molecule has 0 spiro atoms. The maximum Gasteiger partial charge on any atom is 0.249 e. The number of unbranched alkanes of at least 4 members (excludes halogenated alkanes) is 30. The van der Waals surface area contributed by atoms with E-state index in [2.05, 4.69) is 12.2 Å². The van der Waals surface area contributed by atoms with Crippen molar-refractivity contribution >= 4 is 5.91 Å². The lowest BCUT2D eigenvalue weighted by atomic mass is 9.98. The number of hydrogen-bond acceptors (Lipinski definition) is 10. The van der Waals surface area contributed by atoms with Crippen molar-refractivity contribution in [2.24, 2.45) is 0 Å². The van der Waals surface area contributed by atoms with E-state index in [9.17, 15) is 40.5 Å². The van der Waals surface area contributed by atoms with Gasteiger partial charge in [-0.3, -0.25) is 4.79 Å². The summed E-state index contributed by atoms with van der Waals surface area (Å²) in [5.41, 5.74) is 0.